The van der Waals surface area contributed by atoms with Crippen molar-refractivity contribution >= 4 is 27.3 Å². The molecule has 2 N–H and O–H groups in total. The molecule has 0 spiro atoms. The van der Waals surface area contributed by atoms with Crippen LogP contribution in [0.25, 0.3) is 0 Å². The maximum absolute atomic E-state index is 13.7. The summed E-state index contributed by atoms with van der Waals surface area (Å²) in [6, 6.07) is 3.47. The normalized spacial score (nSPS) is 12.8. The van der Waals surface area contributed by atoms with Crippen LogP contribution < -0.4 is 5.73 Å². The Balaban J connectivity index is 2.51. The zero-order valence-corrected chi connectivity index (χ0v) is 11.4. The van der Waals surface area contributed by atoms with Crippen molar-refractivity contribution in [1.82, 2.24) is 0 Å². The highest BCUT2D eigenvalue weighted by atomic mass is 79.9. The van der Waals surface area contributed by atoms with E-state index in [1.807, 2.05) is 12.3 Å². The summed E-state index contributed by atoms with van der Waals surface area (Å²) in [7, 11) is 0. The molecule has 1 heterocycles. The zero-order valence-electron chi connectivity index (χ0n) is 9.01. The molecule has 17 heavy (non-hydrogen) atoms. The van der Waals surface area contributed by atoms with Gasteiger partial charge in [-0.25, -0.2) is 8.78 Å². The first-order chi connectivity index (χ1) is 8.00. The summed E-state index contributed by atoms with van der Waals surface area (Å²) in [5.74, 6) is -1.26. The van der Waals surface area contributed by atoms with Gasteiger partial charge in [0.25, 0.3) is 0 Å². The maximum Gasteiger partial charge on any atom is 0.132 e. The lowest BCUT2D eigenvalue weighted by atomic mass is 9.99. The highest BCUT2D eigenvalue weighted by Crippen LogP contribution is 2.30. The molecule has 0 amide bonds. The van der Waals surface area contributed by atoms with Crippen molar-refractivity contribution in [3.05, 3.63) is 55.7 Å². The Morgan fingerprint density at radius 1 is 1.29 bits per heavy atom. The Hall–Kier alpha value is -0.780. The van der Waals surface area contributed by atoms with Gasteiger partial charge in [-0.3, -0.25) is 0 Å². The first-order valence-corrected chi connectivity index (χ1v) is 6.62. The predicted molar refractivity (Wildman–Crippen MR) is 69.1 cm³/mol. The first kappa shape index (κ1) is 12.7. The van der Waals surface area contributed by atoms with Gasteiger partial charge in [0.2, 0.25) is 0 Å². The Bertz CT molecular complexity index is 530. The van der Waals surface area contributed by atoms with E-state index >= 15 is 0 Å². The molecule has 1 aromatic heterocycles. The Morgan fingerprint density at radius 3 is 2.35 bits per heavy atom. The van der Waals surface area contributed by atoms with Gasteiger partial charge < -0.3 is 5.73 Å². The van der Waals surface area contributed by atoms with Crippen molar-refractivity contribution in [1.29, 1.82) is 0 Å². The average molecular weight is 318 g/mol. The number of halogens is 3. The van der Waals surface area contributed by atoms with E-state index in [4.69, 9.17) is 5.73 Å². The third-order valence-corrected chi connectivity index (χ3v) is 3.91. The van der Waals surface area contributed by atoms with Crippen LogP contribution in [-0.2, 0) is 0 Å². The average Bonchev–Trinajstić information content (AvgIpc) is 2.62. The highest BCUT2D eigenvalue weighted by Gasteiger charge is 2.20. The van der Waals surface area contributed by atoms with Gasteiger partial charge >= 0.3 is 0 Å². The van der Waals surface area contributed by atoms with Crippen LogP contribution in [0.3, 0.4) is 0 Å². The fraction of sp³-hybridized carbons (Fsp3) is 0.167. The Morgan fingerprint density at radius 2 is 1.88 bits per heavy atom. The lowest BCUT2D eigenvalue weighted by Crippen LogP contribution is -2.15. The third-order valence-electron chi connectivity index (χ3n) is 2.59. The minimum atomic E-state index is -0.769. The first-order valence-electron chi connectivity index (χ1n) is 4.94. The molecule has 0 aliphatic rings. The van der Waals surface area contributed by atoms with E-state index in [0.717, 1.165) is 10.4 Å². The van der Waals surface area contributed by atoms with Crippen LogP contribution in [0, 0.1) is 18.6 Å². The van der Waals surface area contributed by atoms with Crippen molar-refractivity contribution < 1.29 is 8.78 Å². The van der Waals surface area contributed by atoms with Gasteiger partial charge in [0.05, 0.1) is 6.04 Å². The van der Waals surface area contributed by atoms with Gasteiger partial charge in [-0.2, -0.15) is 0 Å². The van der Waals surface area contributed by atoms with E-state index in [0.29, 0.717) is 4.47 Å². The summed E-state index contributed by atoms with van der Waals surface area (Å²) >= 11 is 4.55. The fourth-order valence-corrected chi connectivity index (χ4v) is 2.88. The monoisotopic (exact) mass is 317 g/mol. The smallest absolute Gasteiger partial charge is 0.132 e. The van der Waals surface area contributed by atoms with Gasteiger partial charge in [-0.05, 0) is 36.1 Å². The number of rotatable bonds is 2. The largest absolute Gasteiger partial charge is 0.320 e. The molecule has 90 valence electrons. The minimum Gasteiger partial charge on any atom is -0.320 e. The Labute approximate surface area is 110 Å². The summed E-state index contributed by atoms with van der Waals surface area (Å²) in [5, 5.41) is 1.86. The lowest BCUT2D eigenvalue weighted by molar-refractivity contribution is 0.542. The van der Waals surface area contributed by atoms with Crippen LogP contribution in [0.1, 0.15) is 22.0 Å². The molecule has 0 aliphatic heterocycles. The zero-order chi connectivity index (χ0) is 12.6. The molecule has 0 radical (unpaired) electrons. The number of benzene rings is 1. The van der Waals surface area contributed by atoms with E-state index in [1.54, 1.807) is 6.07 Å². The molecule has 2 rings (SSSR count). The molecule has 1 unspecified atom stereocenters. The van der Waals surface area contributed by atoms with E-state index in [9.17, 15) is 8.78 Å². The van der Waals surface area contributed by atoms with Crippen LogP contribution in [0.2, 0.25) is 0 Å². The van der Waals surface area contributed by atoms with E-state index < -0.39 is 17.7 Å². The van der Waals surface area contributed by atoms with Crippen molar-refractivity contribution in [3.8, 4) is 0 Å². The number of hydrogen-bond donors (Lipinski definition) is 1. The van der Waals surface area contributed by atoms with Crippen molar-refractivity contribution in [2.75, 3.05) is 0 Å². The highest BCUT2D eigenvalue weighted by molar-refractivity contribution is 9.10. The summed E-state index contributed by atoms with van der Waals surface area (Å²) in [6.45, 7) is 1.88. The SMILES string of the molecule is Cc1sccc1C(N)c1c(F)cc(Br)cc1F. The lowest BCUT2D eigenvalue weighted by Gasteiger charge is -2.14. The second-order valence-electron chi connectivity index (χ2n) is 3.69. The van der Waals surface area contributed by atoms with Crippen LogP contribution >= 0.6 is 27.3 Å². The topological polar surface area (TPSA) is 26.0 Å². The quantitative estimate of drug-likeness (QED) is 0.884. The molecule has 0 bridgehead atoms. The molecule has 2 aromatic rings. The number of thiophene rings is 1. The molecule has 1 nitrogen and oxygen atoms in total. The van der Waals surface area contributed by atoms with E-state index in [2.05, 4.69) is 15.9 Å². The second kappa shape index (κ2) is 4.84. The molecular weight excluding hydrogens is 308 g/mol. The van der Waals surface area contributed by atoms with Crippen LogP contribution in [0.5, 0.6) is 0 Å². The molecule has 0 saturated heterocycles. The standard InChI is InChI=1S/C12H10BrF2NS/c1-6-8(2-3-17-6)12(16)11-9(14)4-7(13)5-10(11)15/h2-5,12H,16H2,1H3. The number of hydrogen-bond acceptors (Lipinski definition) is 2. The maximum atomic E-state index is 13.7. The molecule has 0 saturated carbocycles. The Kier molecular flexibility index (Phi) is 3.61. The summed E-state index contributed by atoms with van der Waals surface area (Å²) < 4.78 is 27.8. The van der Waals surface area contributed by atoms with Gasteiger partial charge in [-0.15, -0.1) is 11.3 Å². The molecule has 0 aliphatic carbocycles. The summed E-state index contributed by atoms with van der Waals surface area (Å²) in [4.78, 5) is 0.971. The van der Waals surface area contributed by atoms with Gasteiger partial charge in [0, 0.05) is 14.9 Å². The fourth-order valence-electron chi connectivity index (χ4n) is 1.72. The number of aryl methyl sites for hydroxylation is 1. The third kappa shape index (κ3) is 2.41. The van der Waals surface area contributed by atoms with Crippen molar-refractivity contribution in [2.24, 2.45) is 5.73 Å². The molecule has 1 atom stereocenters. The second-order valence-corrected chi connectivity index (χ2v) is 5.73. The van der Waals surface area contributed by atoms with E-state index in [-0.39, 0.29) is 5.56 Å². The van der Waals surface area contributed by atoms with Gasteiger partial charge in [-0.1, -0.05) is 15.9 Å². The van der Waals surface area contributed by atoms with Crippen molar-refractivity contribution in [2.45, 2.75) is 13.0 Å². The van der Waals surface area contributed by atoms with Gasteiger partial charge in [0.15, 0.2) is 0 Å². The van der Waals surface area contributed by atoms with Crippen LogP contribution in [0.4, 0.5) is 8.78 Å². The molecule has 0 fully saturated rings. The molecule has 5 heteroatoms. The van der Waals surface area contributed by atoms with Gasteiger partial charge in [0.1, 0.15) is 11.6 Å². The predicted octanol–water partition coefficient (Wildman–Crippen LogP) is 4.15. The summed E-state index contributed by atoms with van der Waals surface area (Å²) in [6.07, 6.45) is 0. The molecular formula is C12H10BrF2NS. The number of nitrogens with two attached hydrogens (primary N) is 1. The van der Waals surface area contributed by atoms with Crippen LogP contribution in [-0.4, -0.2) is 0 Å². The van der Waals surface area contributed by atoms with Crippen LogP contribution in [0.15, 0.2) is 28.1 Å². The van der Waals surface area contributed by atoms with Crippen molar-refractivity contribution in [3.63, 3.8) is 0 Å². The minimum absolute atomic E-state index is 0.0882. The molecule has 1 aromatic carbocycles. The van der Waals surface area contributed by atoms with E-state index in [1.165, 1.54) is 23.5 Å². The summed E-state index contributed by atoms with van der Waals surface area (Å²) in [5.41, 5.74) is 6.60.